The van der Waals surface area contributed by atoms with Crippen molar-refractivity contribution in [2.45, 2.75) is 25.7 Å². The second-order valence-corrected chi connectivity index (χ2v) is 4.26. The zero-order valence-electron chi connectivity index (χ0n) is 11.0. The lowest BCUT2D eigenvalue weighted by atomic mass is 10.0. The maximum atomic E-state index is 11.8. The maximum Gasteiger partial charge on any atom is 0.313 e. The highest BCUT2D eigenvalue weighted by molar-refractivity contribution is 5.78. The lowest BCUT2D eigenvalue weighted by molar-refractivity contribution is -0.145. The van der Waals surface area contributed by atoms with Crippen molar-refractivity contribution < 1.29 is 14.3 Å². The fourth-order valence-electron chi connectivity index (χ4n) is 1.61. The van der Waals surface area contributed by atoms with E-state index in [4.69, 9.17) is 15.2 Å². The minimum atomic E-state index is -0.282. The summed E-state index contributed by atoms with van der Waals surface area (Å²) in [5.41, 5.74) is 7.23. The summed E-state index contributed by atoms with van der Waals surface area (Å²) < 4.78 is 10.1. The van der Waals surface area contributed by atoms with E-state index in [1.165, 1.54) is 0 Å². The van der Waals surface area contributed by atoms with E-state index in [2.05, 4.69) is 0 Å². The van der Waals surface area contributed by atoms with Crippen LogP contribution in [-0.4, -0.2) is 26.3 Å². The van der Waals surface area contributed by atoms with Crippen molar-refractivity contribution in [3.8, 4) is 0 Å². The first-order valence-corrected chi connectivity index (χ1v) is 6.16. The van der Waals surface area contributed by atoms with Gasteiger partial charge in [0.1, 0.15) is 0 Å². The van der Waals surface area contributed by atoms with Gasteiger partial charge >= 0.3 is 5.97 Å². The molecule has 1 atom stereocenters. The molecule has 1 rings (SSSR count). The summed E-state index contributed by atoms with van der Waals surface area (Å²) in [6.07, 6.45) is 1.72. The molecule has 1 unspecified atom stereocenters. The lowest BCUT2D eigenvalue weighted by Gasteiger charge is -2.12. The Kier molecular flexibility index (Phi) is 6.22. The Labute approximate surface area is 108 Å². The number of hydrogen-bond donors (Lipinski definition) is 1. The third kappa shape index (κ3) is 4.75. The predicted octanol–water partition coefficient (Wildman–Crippen LogP) is 2.34. The SMILES string of the molecule is COCCCCOC(=O)C(C)c1cccc(N)c1. The molecule has 0 spiro atoms. The number of methoxy groups -OCH3 is 1. The predicted molar refractivity (Wildman–Crippen MR) is 71.3 cm³/mol. The van der Waals surface area contributed by atoms with Crippen LogP contribution >= 0.6 is 0 Å². The van der Waals surface area contributed by atoms with Crippen molar-refractivity contribution in [3.63, 3.8) is 0 Å². The first-order chi connectivity index (χ1) is 8.65. The number of carbonyl (C=O) groups excluding carboxylic acids is 1. The molecule has 4 heteroatoms. The number of anilines is 1. The summed E-state index contributed by atoms with van der Waals surface area (Å²) in [6.45, 7) is 2.96. The number of ether oxygens (including phenoxy) is 2. The minimum Gasteiger partial charge on any atom is -0.465 e. The van der Waals surface area contributed by atoms with Gasteiger partial charge in [0.15, 0.2) is 0 Å². The summed E-state index contributed by atoms with van der Waals surface area (Å²) in [5.74, 6) is -0.492. The third-order valence-electron chi connectivity index (χ3n) is 2.75. The Morgan fingerprint density at radius 1 is 1.33 bits per heavy atom. The van der Waals surface area contributed by atoms with Crippen LogP contribution in [0.2, 0.25) is 0 Å². The van der Waals surface area contributed by atoms with Gasteiger partial charge in [0.25, 0.3) is 0 Å². The lowest BCUT2D eigenvalue weighted by Crippen LogP contribution is -2.14. The van der Waals surface area contributed by atoms with Gasteiger partial charge in [0, 0.05) is 19.4 Å². The second kappa shape index (κ2) is 7.71. The smallest absolute Gasteiger partial charge is 0.313 e. The topological polar surface area (TPSA) is 61.5 Å². The van der Waals surface area contributed by atoms with Crippen molar-refractivity contribution in [1.82, 2.24) is 0 Å². The highest BCUT2D eigenvalue weighted by Gasteiger charge is 2.16. The molecule has 0 saturated carbocycles. The Morgan fingerprint density at radius 3 is 2.72 bits per heavy atom. The number of rotatable bonds is 7. The van der Waals surface area contributed by atoms with Crippen molar-refractivity contribution in [1.29, 1.82) is 0 Å². The molecule has 18 heavy (non-hydrogen) atoms. The summed E-state index contributed by atoms with van der Waals surface area (Å²) in [4.78, 5) is 11.8. The molecule has 0 aliphatic heterocycles. The molecule has 4 nitrogen and oxygen atoms in total. The molecule has 0 radical (unpaired) electrons. The second-order valence-electron chi connectivity index (χ2n) is 4.26. The molecule has 100 valence electrons. The van der Waals surface area contributed by atoms with Gasteiger partial charge in [0.05, 0.1) is 12.5 Å². The zero-order valence-corrected chi connectivity index (χ0v) is 11.0. The Hall–Kier alpha value is -1.55. The molecule has 1 aromatic carbocycles. The van der Waals surface area contributed by atoms with E-state index in [0.29, 0.717) is 18.9 Å². The number of benzene rings is 1. The summed E-state index contributed by atoms with van der Waals surface area (Å²) in [7, 11) is 1.66. The van der Waals surface area contributed by atoms with Crippen LogP contribution in [0, 0.1) is 0 Å². The Bertz CT molecular complexity index is 379. The van der Waals surface area contributed by atoms with E-state index >= 15 is 0 Å². The number of hydrogen-bond acceptors (Lipinski definition) is 4. The molecule has 0 heterocycles. The van der Waals surface area contributed by atoms with Crippen LogP contribution in [0.15, 0.2) is 24.3 Å². The van der Waals surface area contributed by atoms with Crippen LogP contribution in [-0.2, 0) is 14.3 Å². The van der Waals surface area contributed by atoms with Crippen LogP contribution in [0.3, 0.4) is 0 Å². The monoisotopic (exact) mass is 251 g/mol. The van der Waals surface area contributed by atoms with Crippen molar-refractivity contribution in [2.75, 3.05) is 26.1 Å². The minimum absolute atomic E-state index is 0.210. The number of nitrogens with two attached hydrogens (primary N) is 1. The molecule has 0 aliphatic carbocycles. The molecule has 2 N–H and O–H groups in total. The first-order valence-electron chi connectivity index (χ1n) is 6.16. The number of unbranched alkanes of at least 4 members (excludes halogenated alkanes) is 1. The van der Waals surface area contributed by atoms with E-state index in [9.17, 15) is 4.79 Å². The van der Waals surface area contributed by atoms with Gasteiger partial charge < -0.3 is 15.2 Å². The fraction of sp³-hybridized carbons (Fsp3) is 0.500. The van der Waals surface area contributed by atoms with Gasteiger partial charge in [0.2, 0.25) is 0 Å². The standard InChI is InChI=1S/C14H21NO3/c1-11(12-6-5-7-13(15)10-12)14(16)18-9-4-3-8-17-2/h5-7,10-11H,3-4,8-9,15H2,1-2H3. The summed E-state index contributed by atoms with van der Waals surface area (Å²) >= 11 is 0. The average Bonchev–Trinajstić information content (AvgIpc) is 2.37. The van der Waals surface area contributed by atoms with E-state index in [-0.39, 0.29) is 11.9 Å². The van der Waals surface area contributed by atoms with E-state index in [1.54, 1.807) is 19.2 Å². The van der Waals surface area contributed by atoms with Crippen molar-refractivity contribution in [3.05, 3.63) is 29.8 Å². The van der Waals surface area contributed by atoms with Crippen molar-refractivity contribution >= 4 is 11.7 Å². The average molecular weight is 251 g/mol. The van der Waals surface area contributed by atoms with Gasteiger partial charge in [-0.2, -0.15) is 0 Å². The fourth-order valence-corrected chi connectivity index (χ4v) is 1.61. The normalized spacial score (nSPS) is 12.1. The number of nitrogen functional groups attached to an aromatic ring is 1. The van der Waals surface area contributed by atoms with Crippen LogP contribution in [0.4, 0.5) is 5.69 Å². The van der Waals surface area contributed by atoms with Crippen LogP contribution in [0.25, 0.3) is 0 Å². The maximum absolute atomic E-state index is 11.8. The van der Waals surface area contributed by atoms with Gasteiger partial charge in [-0.3, -0.25) is 4.79 Å². The van der Waals surface area contributed by atoms with Crippen LogP contribution in [0.1, 0.15) is 31.2 Å². The van der Waals surface area contributed by atoms with Crippen molar-refractivity contribution in [2.24, 2.45) is 0 Å². The molecule has 1 aromatic rings. The van der Waals surface area contributed by atoms with Crippen LogP contribution in [0.5, 0.6) is 0 Å². The molecule has 0 saturated heterocycles. The van der Waals surface area contributed by atoms with E-state index in [1.807, 2.05) is 19.1 Å². The molecular weight excluding hydrogens is 230 g/mol. The molecule has 0 fully saturated rings. The number of esters is 1. The van der Waals surface area contributed by atoms with E-state index < -0.39 is 0 Å². The molecule has 0 amide bonds. The molecular formula is C14H21NO3. The third-order valence-corrected chi connectivity index (χ3v) is 2.75. The highest BCUT2D eigenvalue weighted by atomic mass is 16.5. The Balaban J connectivity index is 2.37. The quantitative estimate of drug-likeness (QED) is 0.459. The largest absolute Gasteiger partial charge is 0.465 e. The van der Waals surface area contributed by atoms with Gasteiger partial charge in [-0.25, -0.2) is 0 Å². The van der Waals surface area contributed by atoms with E-state index in [0.717, 1.165) is 18.4 Å². The first kappa shape index (κ1) is 14.5. The van der Waals surface area contributed by atoms with Gasteiger partial charge in [-0.15, -0.1) is 0 Å². The number of carbonyl (C=O) groups is 1. The molecule has 0 aromatic heterocycles. The molecule has 0 aliphatic rings. The Morgan fingerprint density at radius 2 is 2.06 bits per heavy atom. The van der Waals surface area contributed by atoms with Crippen LogP contribution < -0.4 is 5.73 Å². The summed E-state index contributed by atoms with van der Waals surface area (Å²) in [5, 5.41) is 0. The summed E-state index contributed by atoms with van der Waals surface area (Å²) in [6, 6.07) is 7.32. The highest BCUT2D eigenvalue weighted by Crippen LogP contribution is 2.19. The van der Waals surface area contributed by atoms with Gasteiger partial charge in [-0.05, 0) is 37.5 Å². The van der Waals surface area contributed by atoms with Gasteiger partial charge in [-0.1, -0.05) is 12.1 Å². The molecule has 0 bridgehead atoms. The zero-order chi connectivity index (χ0) is 13.4.